The molecule has 0 bridgehead atoms. The molecule has 1 saturated carbocycles. The number of halogens is 1. The van der Waals surface area contributed by atoms with Gasteiger partial charge in [-0.1, -0.05) is 12.1 Å². The third kappa shape index (κ3) is 5.41. The van der Waals surface area contributed by atoms with Crippen LogP contribution in [0.2, 0.25) is 0 Å². The third-order valence-electron chi connectivity index (χ3n) is 7.36. The summed E-state index contributed by atoms with van der Waals surface area (Å²) in [4.78, 5) is 27.9. The van der Waals surface area contributed by atoms with E-state index in [4.69, 9.17) is 15.1 Å². The smallest absolute Gasteiger partial charge is 0.272 e. The minimum Gasteiger partial charge on any atom is -0.391 e. The molecule has 1 aliphatic carbocycles. The lowest BCUT2D eigenvalue weighted by Crippen LogP contribution is -2.52. The number of benzene rings is 1. The van der Waals surface area contributed by atoms with E-state index >= 15 is 0 Å². The standard InChI is InChI=1S/C26H32FN5O6S/c1-25(2,16-38-20(27)14-33)39(36,37)26(9-10-26)15-32-11-8-19-21(30-31(3)22(19)24(32)35)23(34)29-13-18-6-4-17(12-28)5-7-18/h4-7,20,33H,8-11,13-16H2,1-3H3,(H,29,34)/t20-/m1/s1. The number of sulfone groups is 1. The van der Waals surface area contributed by atoms with Crippen molar-refractivity contribution >= 4 is 21.7 Å². The van der Waals surface area contributed by atoms with Gasteiger partial charge in [-0.25, -0.2) is 12.8 Å². The zero-order valence-corrected chi connectivity index (χ0v) is 22.9. The molecular formula is C26H32FN5O6S. The lowest BCUT2D eigenvalue weighted by molar-refractivity contribution is -0.0752. The number of aromatic nitrogens is 2. The van der Waals surface area contributed by atoms with Gasteiger partial charge < -0.3 is 20.1 Å². The number of ether oxygens (including phenoxy) is 1. The van der Waals surface area contributed by atoms with Gasteiger partial charge in [-0.15, -0.1) is 0 Å². The summed E-state index contributed by atoms with van der Waals surface area (Å²) < 4.78 is 44.2. The summed E-state index contributed by atoms with van der Waals surface area (Å²) in [5.41, 5.74) is 2.21. The first-order valence-electron chi connectivity index (χ1n) is 12.6. The fraction of sp³-hybridized carbons (Fsp3) is 0.538. The van der Waals surface area contributed by atoms with Gasteiger partial charge in [0.05, 0.1) is 34.3 Å². The minimum absolute atomic E-state index is 0.0263. The van der Waals surface area contributed by atoms with Crippen molar-refractivity contribution in [2.45, 2.75) is 55.5 Å². The van der Waals surface area contributed by atoms with Crippen LogP contribution >= 0.6 is 0 Å². The van der Waals surface area contributed by atoms with Gasteiger partial charge in [0.1, 0.15) is 5.69 Å². The molecule has 0 radical (unpaired) electrons. The molecule has 2 amide bonds. The number of nitriles is 1. The number of carbonyl (C=O) groups is 2. The van der Waals surface area contributed by atoms with Crippen molar-refractivity contribution in [1.82, 2.24) is 20.0 Å². The lowest BCUT2D eigenvalue weighted by atomic mass is 10.0. The molecule has 2 N–H and O–H groups in total. The molecule has 0 spiro atoms. The summed E-state index contributed by atoms with van der Waals surface area (Å²) in [5.74, 6) is -0.841. The van der Waals surface area contributed by atoms with E-state index in [1.807, 2.05) is 6.07 Å². The van der Waals surface area contributed by atoms with Gasteiger partial charge in [0, 0.05) is 32.2 Å². The maximum absolute atomic E-state index is 13.6. The maximum atomic E-state index is 13.6. The monoisotopic (exact) mass is 561 g/mol. The van der Waals surface area contributed by atoms with Crippen LogP contribution in [-0.4, -0.2) is 82.2 Å². The minimum atomic E-state index is -3.86. The molecule has 39 heavy (non-hydrogen) atoms. The number of amides is 2. The van der Waals surface area contributed by atoms with Crippen LogP contribution in [0.1, 0.15) is 64.4 Å². The molecule has 4 rings (SSSR count). The van der Waals surface area contributed by atoms with E-state index in [0.717, 1.165) is 5.56 Å². The van der Waals surface area contributed by atoms with Crippen LogP contribution in [0.15, 0.2) is 24.3 Å². The van der Waals surface area contributed by atoms with Crippen LogP contribution in [-0.2, 0) is 34.6 Å². The second kappa shape index (κ2) is 10.7. The fourth-order valence-electron chi connectivity index (χ4n) is 4.87. The normalized spacial score (nSPS) is 17.3. The second-order valence-electron chi connectivity index (χ2n) is 10.6. The van der Waals surface area contributed by atoms with Crippen LogP contribution in [0.5, 0.6) is 0 Å². The predicted octanol–water partition coefficient (Wildman–Crippen LogP) is 1.25. The van der Waals surface area contributed by atoms with Gasteiger partial charge in [0.2, 0.25) is 6.36 Å². The highest BCUT2D eigenvalue weighted by Crippen LogP contribution is 2.49. The number of aliphatic hydroxyl groups is 1. The van der Waals surface area contributed by atoms with E-state index in [1.54, 1.807) is 31.3 Å². The molecule has 2 aromatic rings. The Labute approximate surface area is 226 Å². The quantitative estimate of drug-likeness (QED) is 0.415. The molecule has 0 saturated heterocycles. The number of hydrogen-bond acceptors (Lipinski definition) is 8. The van der Waals surface area contributed by atoms with Gasteiger partial charge in [-0.3, -0.25) is 14.3 Å². The highest BCUT2D eigenvalue weighted by Gasteiger charge is 2.61. The zero-order chi connectivity index (χ0) is 28.6. The second-order valence-corrected chi connectivity index (χ2v) is 13.6. The summed E-state index contributed by atoms with van der Waals surface area (Å²) in [5, 5.41) is 24.9. The zero-order valence-electron chi connectivity index (χ0n) is 22.1. The number of nitrogens with zero attached hydrogens (tertiary/aromatic N) is 4. The molecule has 0 unspecified atom stereocenters. The molecule has 11 nitrogen and oxygen atoms in total. The number of aliphatic hydroxyl groups excluding tert-OH is 1. The highest BCUT2D eigenvalue weighted by molar-refractivity contribution is 7.94. The number of hydrogen-bond donors (Lipinski definition) is 2. The molecule has 13 heteroatoms. The summed E-state index contributed by atoms with van der Waals surface area (Å²) in [7, 11) is -2.29. The van der Waals surface area contributed by atoms with Gasteiger partial charge in [0.25, 0.3) is 11.8 Å². The molecular weight excluding hydrogens is 529 g/mol. The SMILES string of the molecule is Cn1nc(C(=O)NCc2ccc(C#N)cc2)c2c1C(=O)N(CC1(S(=O)(=O)C(C)(C)CO[C@@H](F)CO)CC1)CC2. The van der Waals surface area contributed by atoms with Crippen LogP contribution in [0.4, 0.5) is 4.39 Å². The van der Waals surface area contributed by atoms with Gasteiger partial charge in [0.15, 0.2) is 15.5 Å². The number of nitrogens with one attached hydrogen (secondary N) is 1. The molecule has 2 aliphatic rings. The van der Waals surface area contributed by atoms with Gasteiger partial charge >= 0.3 is 0 Å². The van der Waals surface area contributed by atoms with Crippen molar-refractivity contribution in [2.75, 3.05) is 26.3 Å². The van der Waals surface area contributed by atoms with Crippen LogP contribution in [0.25, 0.3) is 0 Å². The largest absolute Gasteiger partial charge is 0.391 e. The summed E-state index contributed by atoms with van der Waals surface area (Å²) in [6, 6.07) is 8.84. The molecule has 1 aromatic carbocycles. The predicted molar refractivity (Wildman–Crippen MR) is 138 cm³/mol. The number of rotatable bonds is 11. The summed E-state index contributed by atoms with van der Waals surface area (Å²) in [6.45, 7) is 2.02. The molecule has 1 aromatic heterocycles. The summed E-state index contributed by atoms with van der Waals surface area (Å²) in [6.07, 6.45) is -0.917. The number of fused-ring (bicyclic) bond motifs is 1. The molecule has 210 valence electrons. The molecule has 1 aliphatic heterocycles. The van der Waals surface area contributed by atoms with Crippen LogP contribution < -0.4 is 5.32 Å². The van der Waals surface area contributed by atoms with Gasteiger partial charge in [-0.05, 0) is 50.8 Å². The first kappa shape index (κ1) is 28.7. The van der Waals surface area contributed by atoms with E-state index in [9.17, 15) is 22.4 Å². The van der Waals surface area contributed by atoms with Crippen molar-refractivity contribution in [3.05, 3.63) is 52.3 Å². The van der Waals surface area contributed by atoms with E-state index in [1.165, 1.54) is 23.4 Å². The topological polar surface area (TPSA) is 155 Å². The number of alkyl halides is 1. The molecule has 1 fully saturated rings. The number of carbonyl (C=O) groups excluding carboxylic acids is 2. The Morgan fingerprint density at radius 3 is 2.59 bits per heavy atom. The van der Waals surface area contributed by atoms with Crippen LogP contribution in [0, 0.1) is 11.3 Å². The average Bonchev–Trinajstić information content (AvgIpc) is 3.63. The maximum Gasteiger partial charge on any atom is 0.272 e. The van der Waals surface area contributed by atoms with E-state index in [-0.39, 0.29) is 31.0 Å². The first-order valence-corrected chi connectivity index (χ1v) is 14.1. The molecule has 1 atom stereocenters. The Balaban J connectivity index is 1.46. The first-order chi connectivity index (χ1) is 18.4. The van der Waals surface area contributed by atoms with Crippen molar-refractivity contribution in [2.24, 2.45) is 7.05 Å². The fourth-order valence-corrected chi connectivity index (χ4v) is 7.23. The molecule has 2 heterocycles. The van der Waals surface area contributed by atoms with E-state index in [2.05, 4.69) is 10.4 Å². The van der Waals surface area contributed by atoms with Crippen molar-refractivity contribution in [1.29, 1.82) is 5.26 Å². The Morgan fingerprint density at radius 1 is 1.33 bits per heavy atom. The Hall–Kier alpha value is -3.34. The average molecular weight is 562 g/mol. The van der Waals surface area contributed by atoms with Crippen molar-refractivity contribution < 1.29 is 32.2 Å². The van der Waals surface area contributed by atoms with E-state index < -0.39 is 50.7 Å². The van der Waals surface area contributed by atoms with Crippen LogP contribution in [0.3, 0.4) is 0 Å². The van der Waals surface area contributed by atoms with Gasteiger partial charge in [-0.2, -0.15) is 10.4 Å². The summed E-state index contributed by atoms with van der Waals surface area (Å²) >= 11 is 0. The Kier molecular flexibility index (Phi) is 7.84. The third-order valence-corrected chi connectivity index (χ3v) is 10.6. The lowest BCUT2D eigenvalue weighted by Gasteiger charge is -2.35. The number of aryl methyl sites for hydroxylation is 1. The Morgan fingerprint density at radius 2 is 2.00 bits per heavy atom. The van der Waals surface area contributed by atoms with Crippen molar-refractivity contribution in [3.8, 4) is 6.07 Å². The highest BCUT2D eigenvalue weighted by atomic mass is 32.2. The van der Waals surface area contributed by atoms with Crippen molar-refractivity contribution in [3.63, 3.8) is 0 Å². The van der Waals surface area contributed by atoms with E-state index in [0.29, 0.717) is 30.4 Å². The Bertz CT molecular complexity index is 1410.